The second kappa shape index (κ2) is 7.67. The zero-order valence-electron chi connectivity index (χ0n) is 11.8. The Morgan fingerprint density at radius 1 is 1.41 bits per heavy atom. The molecule has 0 aliphatic carbocycles. The molecule has 0 spiro atoms. The van der Waals surface area contributed by atoms with E-state index in [1.54, 1.807) is 36.3 Å². The number of nitrogens with one attached hydrogen (secondary N) is 1. The molecule has 4 nitrogen and oxygen atoms in total. The summed E-state index contributed by atoms with van der Waals surface area (Å²) in [5, 5.41) is 3.05. The zero-order chi connectivity index (χ0) is 16.1. The van der Waals surface area contributed by atoms with E-state index in [1.165, 1.54) is 12.1 Å². The lowest BCUT2D eigenvalue weighted by atomic mass is 10.2. The molecule has 0 fully saturated rings. The molecule has 1 aromatic heterocycles. The van der Waals surface area contributed by atoms with Gasteiger partial charge in [0.1, 0.15) is 11.6 Å². The summed E-state index contributed by atoms with van der Waals surface area (Å²) in [4.78, 5) is 17.8. The van der Waals surface area contributed by atoms with Crippen molar-refractivity contribution in [3.05, 3.63) is 57.4 Å². The molecule has 0 atom stereocenters. The number of halogens is 3. The molecule has 2 aromatic rings. The monoisotopic (exact) mass is 385 g/mol. The highest BCUT2D eigenvalue weighted by Crippen LogP contribution is 2.18. The van der Waals surface area contributed by atoms with Crippen LogP contribution >= 0.6 is 27.5 Å². The number of carbonyl (C=O) groups excluding carboxylic acids is 1. The molecule has 0 unspecified atom stereocenters. The van der Waals surface area contributed by atoms with Crippen LogP contribution in [0.3, 0.4) is 0 Å². The number of rotatable bonds is 5. The van der Waals surface area contributed by atoms with Crippen molar-refractivity contribution in [3.8, 4) is 0 Å². The summed E-state index contributed by atoms with van der Waals surface area (Å²) >= 11 is 9.25. The number of pyridine rings is 1. The fourth-order valence-electron chi connectivity index (χ4n) is 1.87. The van der Waals surface area contributed by atoms with Crippen LogP contribution in [-0.2, 0) is 11.3 Å². The van der Waals surface area contributed by atoms with Gasteiger partial charge in [0.25, 0.3) is 0 Å². The Hall–Kier alpha value is -1.50. The summed E-state index contributed by atoms with van der Waals surface area (Å²) in [6.07, 6.45) is 1.61. The number of nitrogens with zero attached hydrogens (tertiary/aromatic N) is 2. The summed E-state index contributed by atoms with van der Waals surface area (Å²) in [5.41, 5.74) is 0.764. The molecule has 0 aliphatic rings. The van der Waals surface area contributed by atoms with Gasteiger partial charge in [0, 0.05) is 22.2 Å². The molecular formula is C15H14BrClFN3O. The maximum Gasteiger partial charge on any atom is 0.239 e. The van der Waals surface area contributed by atoms with Crippen molar-refractivity contribution in [2.24, 2.45) is 0 Å². The van der Waals surface area contributed by atoms with Gasteiger partial charge >= 0.3 is 0 Å². The Labute approximate surface area is 141 Å². The minimum Gasteiger partial charge on any atom is -0.310 e. The van der Waals surface area contributed by atoms with Gasteiger partial charge in [0.05, 0.1) is 6.54 Å². The minimum atomic E-state index is -0.379. The van der Waals surface area contributed by atoms with Gasteiger partial charge in [-0.05, 0) is 52.8 Å². The standard InChI is InChI=1S/C15H14BrClFN3O/c1-21(8-10-2-4-12(18)6-13(10)17)9-15(22)20-14-5-3-11(16)7-19-14/h2-7H,8-9H2,1H3,(H,19,20,22). The third-order valence-corrected chi connectivity index (χ3v) is 3.68. The first kappa shape index (κ1) is 16.9. The molecule has 1 heterocycles. The predicted octanol–water partition coefficient (Wildman–Crippen LogP) is 3.71. The van der Waals surface area contributed by atoms with Crippen molar-refractivity contribution >= 4 is 39.3 Å². The van der Waals surface area contributed by atoms with Crippen LogP contribution in [0.5, 0.6) is 0 Å². The average molecular weight is 387 g/mol. The molecule has 0 bridgehead atoms. The summed E-state index contributed by atoms with van der Waals surface area (Å²) < 4.78 is 13.8. The second-order valence-corrected chi connectivity index (χ2v) is 6.14. The number of amides is 1. The Morgan fingerprint density at radius 3 is 2.82 bits per heavy atom. The Kier molecular flexibility index (Phi) is 5.88. The highest BCUT2D eigenvalue weighted by Gasteiger charge is 2.10. The normalized spacial score (nSPS) is 10.8. The van der Waals surface area contributed by atoms with E-state index in [1.807, 2.05) is 0 Å². The van der Waals surface area contributed by atoms with Crippen LogP contribution in [0.25, 0.3) is 0 Å². The quantitative estimate of drug-likeness (QED) is 0.852. The molecule has 1 aromatic carbocycles. The zero-order valence-corrected chi connectivity index (χ0v) is 14.2. The van der Waals surface area contributed by atoms with Crippen LogP contribution in [-0.4, -0.2) is 29.4 Å². The predicted molar refractivity (Wildman–Crippen MR) is 88.3 cm³/mol. The molecule has 1 amide bonds. The van der Waals surface area contributed by atoms with Crippen LogP contribution in [0.4, 0.5) is 10.2 Å². The van der Waals surface area contributed by atoms with E-state index in [0.29, 0.717) is 17.4 Å². The fraction of sp³-hybridized carbons (Fsp3) is 0.200. The van der Waals surface area contributed by atoms with Crippen LogP contribution in [0.1, 0.15) is 5.56 Å². The van der Waals surface area contributed by atoms with E-state index in [0.717, 1.165) is 10.0 Å². The third-order valence-electron chi connectivity index (χ3n) is 2.86. The van der Waals surface area contributed by atoms with Crippen molar-refractivity contribution in [2.75, 3.05) is 18.9 Å². The average Bonchev–Trinajstić information content (AvgIpc) is 2.44. The van der Waals surface area contributed by atoms with Gasteiger partial charge in [0.2, 0.25) is 5.91 Å². The number of hydrogen-bond acceptors (Lipinski definition) is 3. The Balaban J connectivity index is 1.89. The van der Waals surface area contributed by atoms with Crippen molar-refractivity contribution in [3.63, 3.8) is 0 Å². The number of anilines is 1. The molecule has 22 heavy (non-hydrogen) atoms. The number of carbonyl (C=O) groups is 1. The second-order valence-electron chi connectivity index (χ2n) is 4.82. The number of hydrogen-bond donors (Lipinski definition) is 1. The summed E-state index contributed by atoms with van der Waals surface area (Å²) in [5.74, 6) is -0.0765. The highest BCUT2D eigenvalue weighted by atomic mass is 79.9. The number of benzene rings is 1. The van der Waals surface area contributed by atoms with Crippen molar-refractivity contribution < 1.29 is 9.18 Å². The highest BCUT2D eigenvalue weighted by molar-refractivity contribution is 9.10. The van der Waals surface area contributed by atoms with E-state index in [9.17, 15) is 9.18 Å². The van der Waals surface area contributed by atoms with Crippen molar-refractivity contribution in [1.29, 1.82) is 0 Å². The summed E-state index contributed by atoms with van der Waals surface area (Å²) in [6.45, 7) is 0.617. The fourth-order valence-corrected chi connectivity index (χ4v) is 2.34. The van der Waals surface area contributed by atoms with Crippen LogP contribution < -0.4 is 5.32 Å². The molecular weight excluding hydrogens is 373 g/mol. The van der Waals surface area contributed by atoms with Gasteiger partial charge in [-0.2, -0.15) is 0 Å². The van der Waals surface area contributed by atoms with Crippen LogP contribution in [0, 0.1) is 5.82 Å². The Morgan fingerprint density at radius 2 is 2.18 bits per heavy atom. The maximum atomic E-state index is 13.0. The van der Waals surface area contributed by atoms with E-state index in [-0.39, 0.29) is 18.3 Å². The number of likely N-dealkylation sites (N-methyl/N-ethyl adjacent to an activating group) is 1. The number of aromatic nitrogens is 1. The molecule has 0 saturated heterocycles. The van der Waals surface area contributed by atoms with Gasteiger partial charge < -0.3 is 5.32 Å². The SMILES string of the molecule is CN(CC(=O)Nc1ccc(Br)cn1)Cc1ccc(F)cc1Cl. The van der Waals surface area contributed by atoms with Crippen molar-refractivity contribution in [2.45, 2.75) is 6.54 Å². The van der Waals surface area contributed by atoms with E-state index in [2.05, 4.69) is 26.2 Å². The molecule has 0 radical (unpaired) electrons. The first-order valence-corrected chi connectivity index (χ1v) is 7.65. The summed E-state index contributed by atoms with van der Waals surface area (Å²) in [7, 11) is 1.79. The minimum absolute atomic E-state index is 0.172. The maximum absolute atomic E-state index is 13.0. The van der Waals surface area contributed by atoms with Gasteiger partial charge in [0.15, 0.2) is 0 Å². The van der Waals surface area contributed by atoms with Crippen molar-refractivity contribution in [1.82, 2.24) is 9.88 Å². The molecule has 0 aliphatic heterocycles. The third kappa shape index (κ3) is 5.05. The Bertz CT molecular complexity index is 666. The van der Waals surface area contributed by atoms with Gasteiger partial charge in [-0.3, -0.25) is 9.69 Å². The van der Waals surface area contributed by atoms with Crippen LogP contribution in [0.2, 0.25) is 5.02 Å². The molecule has 116 valence electrons. The largest absolute Gasteiger partial charge is 0.310 e. The van der Waals surface area contributed by atoms with E-state index in [4.69, 9.17) is 11.6 Å². The molecule has 0 saturated carbocycles. The van der Waals surface area contributed by atoms with Gasteiger partial charge in [-0.25, -0.2) is 9.37 Å². The smallest absolute Gasteiger partial charge is 0.239 e. The summed E-state index contributed by atoms with van der Waals surface area (Å²) in [6, 6.07) is 7.73. The van der Waals surface area contributed by atoms with Gasteiger partial charge in [-0.1, -0.05) is 17.7 Å². The lowest BCUT2D eigenvalue weighted by Crippen LogP contribution is -2.30. The van der Waals surface area contributed by atoms with E-state index >= 15 is 0 Å². The van der Waals surface area contributed by atoms with E-state index < -0.39 is 0 Å². The van der Waals surface area contributed by atoms with Crippen LogP contribution in [0.15, 0.2) is 41.0 Å². The molecule has 1 N–H and O–H groups in total. The topological polar surface area (TPSA) is 45.2 Å². The first-order chi connectivity index (χ1) is 10.4. The van der Waals surface area contributed by atoms with Gasteiger partial charge in [-0.15, -0.1) is 0 Å². The molecule has 7 heteroatoms. The lowest BCUT2D eigenvalue weighted by molar-refractivity contribution is -0.117. The lowest BCUT2D eigenvalue weighted by Gasteiger charge is -2.17. The molecule has 2 rings (SSSR count). The first-order valence-electron chi connectivity index (χ1n) is 6.48.